The van der Waals surface area contributed by atoms with Crippen molar-refractivity contribution in [2.24, 2.45) is 11.8 Å². The maximum atomic E-state index is 2.64. The van der Waals surface area contributed by atoms with Crippen LogP contribution in [0.1, 0.15) is 75.9 Å². The van der Waals surface area contributed by atoms with Gasteiger partial charge < -0.3 is 24.8 Å². The Hall–Kier alpha value is -2.35. The molecule has 226 valence electrons. The second-order valence-corrected chi connectivity index (χ2v) is 21.1. The van der Waals surface area contributed by atoms with Crippen LogP contribution in [-0.2, 0) is 16.6 Å². The van der Waals surface area contributed by atoms with Gasteiger partial charge in [-0.2, -0.15) is 0 Å². The van der Waals surface area contributed by atoms with Gasteiger partial charge in [0.25, 0.3) is 0 Å². The quantitative estimate of drug-likeness (QED) is 0.226. The van der Waals surface area contributed by atoms with E-state index in [2.05, 4.69) is 139 Å². The van der Waals surface area contributed by atoms with Crippen molar-refractivity contribution in [3.05, 3.63) is 129 Å². The Morgan fingerprint density at radius 1 is 0.545 bits per heavy atom. The van der Waals surface area contributed by atoms with Gasteiger partial charge in [0.2, 0.25) is 0 Å². The van der Waals surface area contributed by atoms with E-state index in [1.54, 1.807) is 22.3 Å². The van der Waals surface area contributed by atoms with Crippen LogP contribution in [0.3, 0.4) is 0 Å². The topological polar surface area (TPSA) is 0 Å². The molecule has 0 saturated carbocycles. The largest absolute Gasteiger partial charge is 1.00 e. The van der Waals surface area contributed by atoms with Crippen LogP contribution in [0.4, 0.5) is 0 Å². The zero-order chi connectivity index (χ0) is 29.2. The van der Waals surface area contributed by atoms with Gasteiger partial charge in [0.05, 0.1) is 0 Å². The molecule has 1 aliphatic heterocycles. The molecule has 2 aliphatic carbocycles. The summed E-state index contributed by atoms with van der Waals surface area (Å²) in [4.78, 5) is 0. The fourth-order valence-corrected chi connectivity index (χ4v) is 18.7. The van der Waals surface area contributed by atoms with Gasteiger partial charge in [-0.3, -0.25) is 0 Å². The van der Waals surface area contributed by atoms with E-state index in [0.717, 1.165) is 0 Å². The number of fused-ring (bicyclic) bond motifs is 2. The maximum Gasteiger partial charge on any atom is -1.00 e. The molecule has 7 rings (SSSR count). The van der Waals surface area contributed by atoms with Crippen molar-refractivity contribution in [2.75, 3.05) is 0 Å². The van der Waals surface area contributed by atoms with E-state index in [0.29, 0.717) is 20.3 Å². The van der Waals surface area contributed by atoms with Crippen molar-refractivity contribution in [3.8, 4) is 22.3 Å². The average Bonchev–Trinajstić information content (AvgIpc) is 3.54. The molecule has 1 saturated heterocycles. The molecule has 0 amide bonds. The van der Waals surface area contributed by atoms with Crippen LogP contribution >= 0.6 is 0 Å². The molecule has 0 aromatic heterocycles. The summed E-state index contributed by atoms with van der Waals surface area (Å²) in [5.74, 6) is 1.12. The first-order chi connectivity index (χ1) is 20.3. The van der Waals surface area contributed by atoms with Crippen molar-refractivity contribution >= 4 is 12.2 Å². The Bertz CT molecular complexity index is 1590. The Kier molecular flexibility index (Phi) is 9.61. The molecular formula is C41H44Cl2Ti. The van der Waals surface area contributed by atoms with E-state index >= 15 is 0 Å². The molecule has 4 aromatic rings. The number of hydrogen-bond donors (Lipinski definition) is 0. The summed E-state index contributed by atoms with van der Waals surface area (Å²) in [6.45, 7) is 14.2. The van der Waals surface area contributed by atoms with Crippen LogP contribution in [-0.4, -0.2) is 0 Å². The SMILES string of the molecule is Cc1ccc(-c2cccc3c2C=C(C(C)C)[CH]3[Ti+2]2([CH]3C(C(C)C)=Cc4c(-c5ccc(C)cc5)cccc43)[CH2]C[CH2]2)cc1.[Cl-].[Cl-]. The van der Waals surface area contributed by atoms with Crippen LogP contribution in [0, 0.1) is 25.7 Å². The second kappa shape index (κ2) is 12.8. The van der Waals surface area contributed by atoms with Crippen LogP contribution in [0.15, 0.2) is 96.1 Å². The number of aryl methyl sites for hydroxylation is 2. The van der Waals surface area contributed by atoms with Crippen LogP contribution in [0.2, 0.25) is 9.45 Å². The Balaban J connectivity index is 0.00000192. The standard InChI is InChI=1S/2C19H19.C3H6.2ClH.Ti/c2*1-13(2)17-11-16-5-4-6-18(19(16)12-17)15-9-7-14(3)8-10-15;1-3-2;;;/h2*4-13H,1-3H3;1-3H2;2*1H;/q;;;;;+2/p-2. The Morgan fingerprint density at radius 3 is 1.25 bits per heavy atom. The number of benzene rings is 4. The van der Waals surface area contributed by atoms with Crippen molar-refractivity contribution in [3.63, 3.8) is 0 Å². The molecule has 1 heterocycles. The molecule has 0 nitrogen and oxygen atoms in total. The number of hydrogen-bond acceptors (Lipinski definition) is 0. The smallest absolute Gasteiger partial charge is 1.00 e. The fraction of sp³-hybridized carbons (Fsp3) is 0.317. The minimum absolute atomic E-state index is 0. The molecule has 3 aliphatic rings. The van der Waals surface area contributed by atoms with Gasteiger partial charge >= 0.3 is 258 Å². The van der Waals surface area contributed by atoms with Gasteiger partial charge in [-0.05, 0) is 0 Å². The van der Waals surface area contributed by atoms with Gasteiger partial charge in [0.15, 0.2) is 0 Å². The fourth-order valence-electron chi connectivity index (χ4n) is 8.43. The summed E-state index contributed by atoms with van der Waals surface area (Å²) < 4.78 is 4.23. The Morgan fingerprint density at radius 2 is 0.932 bits per heavy atom. The molecule has 1 fully saturated rings. The first-order valence-corrected chi connectivity index (χ1v) is 20.1. The van der Waals surface area contributed by atoms with E-state index in [-0.39, 0.29) is 24.8 Å². The summed E-state index contributed by atoms with van der Waals surface area (Å²) in [5, 5.41) is 0. The molecule has 0 spiro atoms. The normalized spacial score (nSPS) is 18.6. The van der Waals surface area contributed by atoms with Gasteiger partial charge in [-0.25, -0.2) is 0 Å². The van der Waals surface area contributed by atoms with Crippen molar-refractivity contribution in [1.82, 2.24) is 0 Å². The van der Waals surface area contributed by atoms with Gasteiger partial charge in [-0.15, -0.1) is 0 Å². The monoisotopic (exact) mass is 654 g/mol. The molecule has 0 N–H and O–H groups in total. The van der Waals surface area contributed by atoms with E-state index in [4.69, 9.17) is 0 Å². The Labute approximate surface area is 281 Å². The third-order valence-corrected chi connectivity index (χ3v) is 20.3. The third kappa shape index (κ3) is 5.31. The number of rotatable bonds is 6. The third-order valence-electron chi connectivity index (χ3n) is 10.7. The van der Waals surface area contributed by atoms with Crippen molar-refractivity contribution in [2.45, 2.75) is 65.9 Å². The minimum Gasteiger partial charge on any atom is -1.00 e. The molecule has 4 aromatic carbocycles. The summed E-state index contributed by atoms with van der Waals surface area (Å²) in [6, 6.07) is 32.8. The van der Waals surface area contributed by atoms with Gasteiger partial charge in [0, 0.05) is 0 Å². The average molecular weight is 656 g/mol. The van der Waals surface area contributed by atoms with Crippen molar-refractivity contribution in [1.29, 1.82) is 0 Å². The minimum atomic E-state index is -2.55. The van der Waals surface area contributed by atoms with Gasteiger partial charge in [-0.1, -0.05) is 0 Å². The zero-order valence-corrected chi connectivity index (χ0v) is 30.0. The molecule has 2 atom stereocenters. The first kappa shape index (κ1) is 33.0. The van der Waals surface area contributed by atoms with Crippen LogP contribution in [0.25, 0.3) is 34.4 Å². The maximum absolute atomic E-state index is 2.64. The summed E-state index contributed by atoms with van der Waals surface area (Å²) in [6.07, 6.45) is 6.69. The van der Waals surface area contributed by atoms with E-state index < -0.39 is 16.6 Å². The van der Waals surface area contributed by atoms with Gasteiger partial charge in [0.1, 0.15) is 0 Å². The number of halogens is 2. The molecule has 3 heteroatoms. The summed E-state index contributed by atoms with van der Waals surface area (Å²) >= 11 is -2.55. The predicted octanol–water partition coefficient (Wildman–Crippen LogP) is 5.93. The summed E-state index contributed by atoms with van der Waals surface area (Å²) in [5.41, 5.74) is 17.9. The first-order valence-electron chi connectivity index (χ1n) is 16.1. The molecule has 0 bridgehead atoms. The molecule has 44 heavy (non-hydrogen) atoms. The summed E-state index contributed by atoms with van der Waals surface area (Å²) in [7, 11) is 0. The molecule has 2 unspecified atom stereocenters. The second-order valence-electron chi connectivity index (χ2n) is 13.9. The zero-order valence-electron chi connectivity index (χ0n) is 26.9. The predicted molar refractivity (Wildman–Crippen MR) is 179 cm³/mol. The number of allylic oxidation sites excluding steroid dienone is 2. The van der Waals surface area contributed by atoms with E-state index in [9.17, 15) is 0 Å². The van der Waals surface area contributed by atoms with Crippen LogP contribution in [0.5, 0.6) is 0 Å². The van der Waals surface area contributed by atoms with Crippen LogP contribution < -0.4 is 24.8 Å². The van der Waals surface area contributed by atoms with E-state index in [1.807, 2.05) is 0 Å². The van der Waals surface area contributed by atoms with E-state index in [1.165, 1.54) is 60.4 Å². The molecular weight excluding hydrogens is 611 g/mol. The van der Waals surface area contributed by atoms with Crippen molar-refractivity contribution < 1.29 is 41.4 Å². The molecule has 0 radical (unpaired) electrons.